The molecule has 0 aliphatic heterocycles. The van der Waals surface area contributed by atoms with Crippen molar-refractivity contribution >= 4 is 0 Å². The van der Waals surface area contributed by atoms with Crippen LogP contribution in [0.1, 0.15) is 48.9 Å². The number of unbranched alkanes of at least 4 members (excludes halogenated alkanes) is 1. The lowest BCUT2D eigenvalue weighted by Gasteiger charge is -2.17. The number of rotatable bonds is 5. The van der Waals surface area contributed by atoms with Gasteiger partial charge in [-0.2, -0.15) is 0 Å². The smallest absolute Gasteiger partial charge is 0.0923 e. The lowest BCUT2D eigenvalue weighted by Crippen LogP contribution is -2.03. The molecule has 0 bridgehead atoms. The standard InChI is InChI=1S/C15H20N2/c1-3-4-8-14(15-10-16-11-17-15)13-9-6-5-7-12(13)2/h5-7,9-11,14H,3-4,8H2,1-2H3,(H,16,17). The van der Waals surface area contributed by atoms with E-state index < -0.39 is 0 Å². The molecule has 0 spiro atoms. The van der Waals surface area contributed by atoms with Crippen LogP contribution in [0, 0.1) is 6.92 Å². The fourth-order valence-corrected chi connectivity index (χ4v) is 2.31. The van der Waals surface area contributed by atoms with Crippen LogP contribution in [0.15, 0.2) is 36.8 Å². The predicted octanol–water partition coefficient (Wildman–Crippen LogP) is 4.04. The van der Waals surface area contributed by atoms with E-state index in [-0.39, 0.29) is 0 Å². The number of nitrogens with one attached hydrogen (secondary N) is 1. The first-order chi connectivity index (χ1) is 8.33. The van der Waals surface area contributed by atoms with Gasteiger partial charge in [-0.15, -0.1) is 0 Å². The molecule has 2 rings (SSSR count). The first-order valence-corrected chi connectivity index (χ1v) is 6.37. The lowest BCUT2D eigenvalue weighted by atomic mass is 9.88. The molecule has 1 aromatic heterocycles. The van der Waals surface area contributed by atoms with E-state index in [4.69, 9.17) is 0 Å². The van der Waals surface area contributed by atoms with Gasteiger partial charge in [0.25, 0.3) is 0 Å². The van der Waals surface area contributed by atoms with Gasteiger partial charge < -0.3 is 4.98 Å². The van der Waals surface area contributed by atoms with Crippen LogP contribution in [-0.4, -0.2) is 9.97 Å². The van der Waals surface area contributed by atoms with Gasteiger partial charge in [0, 0.05) is 12.1 Å². The van der Waals surface area contributed by atoms with Gasteiger partial charge in [0.2, 0.25) is 0 Å². The van der Waals surface area contributed by atoms with Crippen molar-refractivity contribution in [2.24, 2.45) is 0 Å². The molecule has 1 atom stereocenters. The summed E-state index contributed by atoms with van der Waals surface area (Å²) in [5.41, 5.74) is 3.93. The maximum absolute atomic E-state index is 4.43. The summed E-state index contributed by atoms with van der Waals surface area (Å²) in [6, 6.07) is 8.62. The SMILES string of the molecule is CCCCC(c1c[nH]cn1)c1ccccc1C. The largest absolute Gasteiger partial charge is 0.351 e. The van der Waals surface area contributed by atoms with Crippen molar-refractivity contribution in [2.75, 3.05) is 0 Å². The third kappa shape index (κ3) is 2.76. The summed E-state index contributed by atoms with van der Waals surface area (Å²) in [5.74, 6) is 0.433. The maximum Gasteiger partial charge on any atom is 0.0923 e. The van der Waals surface area contributed by atoms with E-state index in [2.05, 4.69) is 48.1 Å². The Morgan fingerprint density at radius 2 is 2.12 bits per heavy atom. The number of imidazole rings is 1. The van der Waals surface area contributed by atoms with Crippen LogP contribution in [0.2, 0.25) is 0 Å². The summed E-state index contributed by atoms with van der Waals surface area (Å²) in [6.07, 6.45) is 7.43. The van der Waals surface area contributed by atoms with E-state index in [1.165, 1.54) is 30.4 Å². The minimum absolute atomic E-state index is 0.433. The van der Waals surface area contributed by atoms with Gasteiger partial charge in [0.15, 0.2) is 0 Å². The molecule has 17 heavy (non-hydrogen) atoms. The van der Waals surface area contributed by atoms with Crippen LogP contribution >= 0.6 is 0 Å². The Bertz CT molecular complexity index is 446. The number of aromatic nitrogens is 2. The van der Waals surface area contributed by atoms with Crippen molar-refractivity contribution in [3.8, 4) is 0 Å². The molecule has 90 valence electrons. The number of hydrogen-bond acceptors (Lipinski definition) is 1. The molecule has 1 heterocycles. The van der Waals surface area contributed by atoms with Crippen molar-refractivity contribution in [1.29, 1.82) is 0 Å². The van der Waals surface area contributed by atoms with Crippen LogP contribution in [0.3, 0.4) is 0 Å². The van der Waals surface area contributed by atoms with Crippen LogP contribution in [0.4, 0.5) is 0 Å². The van der Waals surface area contributed by atoms with Gasteiger partial charge in [-0.25, -0.2) is 4.98 Å². The van der Waals surface area contributed by atoms with Gasteiger partial charge in [0.05, 0.1) is 12.0 Å². The molecule has 0 saturated heterocycles. The molecule has 1 N–H and O–H groups in total. The summed E-state index contributed by atoms with van der Waals surface area (Å²) in [4.78, 5) is 7.50. The number of benzene rings is 1. The summed E-state index contributed by atoms with van der Waals surface area (Å²) < 4.78 is 0. The molecule has 0 aliphatic carbocycles. The van der Waals surface area contributed by atoms with Gasteiger partial charge >= 0.3 is 0 Å². The Morgan fingerprint density at radius 3 is 2.76 bits per heavy atom. The molecule has 2 nitrogen and oxygen atoms in total. The highest BCUT2D eigenvalue weighted by Crippen LogP contribution is 2.30. The average molecular weight is 228 g/mol. The Kier molecular flexibility index (Phi) is 3.97. The molecule has 0 saturated carbocycles. The molecule has 0 fully saturated rings. The highest BCUT2D eigenvalue weighted by atomic mass is 14.9. The Balaban J connectivity index is 2.30. The van der Waals surface area contributed by atoms with Crippen molar-refractivity contribution in [3.05, 3.63) is 53.6 Å². The first-order valence-electron chi connectivity index (χ1n) is 6.37. The monoisotopic (exact) mass is 228 g/mol. The second kappa shape index (κ2) is 5.67. The quantitative estimate of drug-likeness (QED) is 0.822. The average Bonchev–Trinajstić information content (AvgIpc) is 2.85. The highest BCUT2D eigenvalue weighted by molar-refractivity contribution is 5.34. The van der Waals surface area contributed by atoms with Gasteiger partial charge in [-0.3, -0.25) is 0 Å². The number of aryl methyl sites for hydroxylation is 1. The van der Waals surface area contributed by atoms with Gasteiger partial charge in [0.1, 0.15) is 0 Å². The van der Waals surface area contributed by atoms with Crippen LogP contribution in [0.5, 0.6) is 0 Å². The van der Waals surface area contributed by atoms with Crippen molar-refractivity contribution in [1.82, 2.24) is 9.97 Å². The minimum atomic E-state index is 0.433. The summed E-state index contributed by atoms with van der Waals surface area (Å²) in [7, 11) is 0. The van der Waals surface area contributed by atoms with Gasteiger partial charge in [-0.05, 0) is 24.5 Å². The molecular weight excluding hydrogens is 208 g/mol. The highest BCUT2D eigenvalue weighted by Gasteiger charge is 2.16. The van der Waals surface area contributed by atoms with Gasteiger partial charge in [-0.1, -0.05) is 44.0 Å². The number of nitrogens with zero attached hydrogens (tertiary/aromatic N) is 1. The summed E-state index contributed by atoms with van der Waals surface area (Å²) in [5, 5.41) is 0. The zero-order valence-corrected chi connectivity index (χ0v) is 10.6. The van der Waals surface area contributed by atoms with Crippen LogP contribution < -0.4 is 0 Å². The zero-order chi connectivity index (χ0) is 12.1. The first kappa shape index (κ1) is 11.9. The van der Waals surface area contributed by atoms with E-state index in [1.54, 1.807) is 6.33 Å². The molecule has 0 aliphatic rings. The molecule has 2 heteroatoms. The molecule has 1 unspecified atom stereocenters. The summed E-state index contributed by atoms with van der Waals surface area (Å²) in [6.45, 7) is 4.42. The molecule has 0 radical (unpaired) electrons. The van der Waals surface area contributed by atoms with Crippen LogP contribution in [-0.2, 0) is 0 Å². The van der Waals surface area contributed by atoms with Crippen molar-refractivity contribution in [2.45, 2.75) is 39.0 Å². The molecule has 2 aromatic rings. The molecule has 0 amide bonds. The number of H-pyrrole nitrogens is 1. The predicted molar refractivity (Wildman–Crippen MR) is 71.1 cm³/mol. The normalized spacial score (nSPS) is 12.6. The van der Waals surface area contributed by atoms with E-state index in [0.717, 1.165) is 5.69 Å². The number of hydrogen-bond donors (Lipinski definition) is 1. The van der Waals surface area contributed by atoms with E-state index in [9.17, 15) is 0 Å². The second-order valence-electron chi connectivity index (χ2n) is 4.55. The summed E-state index contributed by atoms with van der Waals surface area (Å²) >= 11 is 0. The fraction of sp³-hybridized carbons (Fsp3) is 0.400. The zero-order valence-electron chi connectivity index (χ0n) is 10.6. The minimum Gasteiger partial charge on any atom is -0.351 e. The fourth-order valence-electron chi connectivity index (χ4n) is 2.31. The van der Waals surface area contributed by atoms with E-state index in [0.29, 0.717) is 5.92 Å². The topological polar surface area (TPSA) is 28.7 Å². The Hall–Kier alpha value is -1.57. The third-order valence-corrected chi connectivity index (χ3v) is 3.29. The van der Waals surface area contributed by atoms with Crippen molar-refractivity contribution < 1.29 is 0 Å². The van der Waals surface area contributed by atoms with Crippen molar-refractivity contribution in [3.63, 3.8) is 0 Å². The second-order valence-corrected chi connectivity index (χ2v) is 4.55. The Labute approximate surface area is 103 Å². The molecule has 1 aromatic carbocycles. The maximum atomic E-state index is 4.43. The lowest BCUT2D eigenvalue weighted by molar-refractivity contribution is 0.638. The number of aromatic amines is 1. The third-order valence-electron chi connectivity index (χ3n) is 3.29. The van der Waals surface area contributed by atoms with E-state index in [1.807, 2.05) is 6.20 Å². The van der Waals surface area contributed by atoms with E-state index >= 15 is 0 Å². The Morgan fingerprint density at radius 1 is 1.29 bits per heavy atom. The van der Waals surface area contributed by atoms with Crippen LogP contribution in [0.25, 0.3) is 0 Å². The molecular formula is C15H20N2.